The van der Waals surface area contributed by atoms with E-state index >= 15 is 0 Å². The molecule has 0 bridgehead atoms. The first-order valence-corrected chi connectivity index (χ1v) is 14.6. The van der Waals surface area contributed by atoms with E-state index in [1.54, 1.807) is 0 Å². The van der Waals surface area contributed by atoms with E-state index in [1.807, 2.05) is 0 Å². The first kappa shape index (κ1) is 29.8. The van der Waals surface area contributed by atoms with Gasteiger partial charge in [-0.1, -0.05) is 110 Å². The maximum Gasteiger partial charge on any atom is 2.00 e. The first-order chi connectivity index (χ1) is 18.2. The van der Waals surface area contributed by atoms with Crippen molar-refractivity contribution in [1.29, 1.82) is 0 Å². The Hall–Kier alpha value is -2.80. The third kappa shape index (κ3) is 9.19. The molecule has 38 heavy (non-hydrogen) atoms. The average molecular weight is 589 g/mol. The molecule has 0 aromatic heterocycles. The number of fused-ring (bicyclic) bond motifs is 2. The SMILES string of the molecule is CCCc1cc2ccccc2[cH-]1.CCCc1cc2ccccc2[cH-]1.[Zr+2].c1ccc([SiH]c2ccccc2)cc1. The van der Waals surface area contributed by atoms with Gasteiger partial charge in [-0.15, -0.1) is 81.2 Å². The Morgan fingerprint density at radius 3 is 1.24 bits per heavy atom. The van der Waals surface area contributed by atoms with Crippen LogP contribution in [0.5, 0.6) is 0 Å². The molecule has 0 saturated heterocycles. The number of hydrogen-bond donors (Lipinski definition) is 0. The Morgan fingerprint density at radius 1 is 0.500 bits per heavy atom. The molecule has 6 aromatic carbocycles. The summed E-state index contributed by atoms with van der Waals surface area (Å²) in [4.78, 5) is 0. The minimum Gasteiger partial charge on any atom is -0.165 e. The fourth-order valence-corrected chi connectivity index (χ4v) is 5.80. The van der Waals surface area contributed by atoms with Crippen molar-refractivity contribution >= 4 is 41.4 Å². The Balaban J connectivity index is 0.000000156. The van der Waals surface area contributed by atoms with E-state index in [4.69, 9.17) is 0 Å². The second kappa shape index (κ2) is 16.2. The van der Waals surface area contributed by atoms with E-state index < -0.39 is 0 Å². The van der Waals surface area contributed by atoms with E-state index in [1.165, 1.54) is 68.7 Å². The van der Waals surface area contributed by atoms with Crippen molar-refractivity contribution in [2.24, 2.45) is 0 Å². The zero-order valence-corrected chi connectivity index (χ0v) is 26.2. The van der Waals surface area contributed by atoms with Gasteiger partial charge in [0.2, 0.25) is 0 Å². The van der Waals surface area contributed by atoms with Crippen LogP contribution in [0, 0.1) is 0 Å². The van der Waals surface area contributed by atoms with E-state index in [0.29, 0.717) is 0 Å². The predicted molar refractivity (Wildman–Crippen MR) is 166 cm³/mol. The van der Waals surface area contributed by atoms with Gasteiger partial charge in [-0.05, 0) is 12.8 Å². The molecule has 0 fully saturated rings. The van der Waals surface area contributed by atoms with Crippen LogP contribution in [0.3, 0.4) is 0 Å². The second-order valence-electron chi connectivity index (χ2n) is 9.45. The molecule has 2 heteroatoms. The van der Waals surface area contributed by atoms with Gasteiger partial charge in [-0.2, -0.15) is 12.1 Å². The van der Waals surface area contributed by atoms with Crippen LogP contribution in [-0.2, 0) is 39.0 Å². The molecule has 0 saturated carbocycles. The molecule has 6 rings (SSSR count). The van der Waals surface area contributed by atoms with Crippen LogP contribution in [0.25, 0.3) is 21.5 Å². The Kier molecular flexibility index (Phi) is 12.7. The largest absolute Gasteiger partial charge is 2.00 e. The molecule has 6 aromatic rings. The van der Waals surface area contributed by atoms with Crippen LogP contribution in [-0.4, -0.2) is 9.52 Å². The fourth-order valence-electron chi connectivity index (χ4n) is 4.59. The molecule has 1 radical (unpaired) electrons. The van der Waals surface area contributed by atoms with E-state index in [2.05, 4.69) is 147 Å². The minimum absolute atomic E-state index is 0. The quantitative estimate of drug-likeness (QED) is 0.136. The van der Waals surface area contributed by atoms with Crippen molar-refractivity contribution in [1.82, 2.24) is 0 Å². The summed E-state index contributed by atoms with van der Waals surface area (Å²) in [6, 6.07) is 47.6. The molecule has 189 valence electrons. The Labute approximate surface area is 250 Å². The summed E-state index contributed by atoms with van der Waals surface area (Å²) in [7, 11) is 0.271. The molecule has 0 heterocycles. The average Bonchev–Trinajstić information content (AvgIpc) is 3.54. The maximum atomic E-state index is 2.29. The van der Waals surface area contributed by atoms with Crippen molar-refractivity contribution in [2.45, 2.75) is 39.5 Å². The van der Waals surface area contributed by atoms with Gasteiger partial charge in [-0.25, -0.2) is 0 Å². The first-order valence-electron chi connectivity index (χ1n) is 13.5. The van der Waals surface area contributed by atoms with Gasteiger partial charge in [0.1, 0.15) is 9.52 Å². The van der Waals surface area contributed by atoms with Gasteiger partial charge >= 0.3 is 26.2 Å². The molecule has 0 aliphatic heterocycles. The number of rotatable bonds is 6. The van der Waals surface area contributed by atoms with Crippen molar-refractivity contribution in [2.75, 3.05) is 0 Å². The third-order valence-electron chi connectivity index (χ3n) is 6.37. The van der Waals surface area contributed by atoms with Gasteiger partial charge in [0.05, 0.1) is 0 Å². The van der Waals surface area contributed by atoms with Crippen molar-refractivity contribution < 1.29 is 26.2 Å². The van der Waals surface area contributed by atoms with Gasteiger partial charge < -0.3 is 0 Å². The Morgan fingerprint density at radius 2 is 0.868 bits per heavy atom. The number of benzene rings is 4. The van der Waals surface area contributed by atoms with Gasteiger partial charge in [0.15, 0.2) is 0 Å². The van der Waals surface area contributed by atoms with Crippen molar-refractivity contribution in [3.63, 3.8) is 0 Å². The van der Waals surface area contributed by atoms with Crippen LogP contribution >= 0.6 is 0 Å². The Bertz CT molecular complexity index is 1280. The van der Waals surface area contributed by atoms with Crippen LogP contribution in [0.4, 0.5) is 0 Å². The fraction of sp³-hybridized carbons (Fsp3) is 0.167. The van der Waals surface area contributed by atoms with Crippen molar-refractivity contribution in [3.8, 4) is 0 Å². The number of aryl methyl sites for hydroxylation is 2. The zero-order chi connectivity index (χ0) is 25.7. The summed E-state index contributed by atoms with van der Waals surface area (Å²) in [5, 5.41) is 8.41. The maximum absolute atomic E-state index is 2.29. The summed E-state index contributed by atoms with van der Waals surface area (Å²) >= 11 is 0. The molecular formula is C36H37SiZr. The van der Waals surface area contributed by atoms with Crippen LogP contribution in [0.15, 0.2) is 133 Å². The molecule has 0 spiro atoms. The van der Waals surface area contributed by atoms with E-state index in [9.17, 15) is 0 Å². The third-order valence-corrected chi connectivity index (χ3v) is 7.80. The minimum atomic E-state index is 0. The number of hydrogen-bond acceptors (Lipinski definition) is 0. The molecular weight excluding hydrogens is 552 g/mol. The molecule has 0 aliphatic rings. The summed E-state index contributed by atoms with van der Waals surface area (Å²) in [6.07, 6.45) is 4.87. The smallest absolute Gasteiger partial charge is 0.165 e. The predicted octanol–water partition coefficient (Wildman–Crippen LogP) is 8.09. The van der Waals surface area contributed by atoms with Crippen LogP contribution in [0.2, 0.25) is 0 Å². The normalized spacial score (nSPS) is 10.2. The van der Waals surface area contributed by atoms with Crippen LogP contribution < -0.4 is 10.4 Å². The summed E-state index contributed by atoms with van der Waals surface area (Å²) in [5.41, 5.74) is 2.94. The summed E-state index contributed by atoms with van der Waals surface area (Å²) in [6.45, 7) is 4.44. The monoisotopic (exact) mass is 587 g/mol. The van der Waals surface area contributed by atoms with Gasteiger partial charge in [0.25, 0.3) is 0 Å². The molecule has 0 N–H and O–H groups in total. The van der Waals surface area contributed by atoms with Gasteiger partial charge in [0, 0.05) is 0 Å². The van der Waals surface area contributed by atoms with Gasteiger partial charge in [-0.3, -0.25) is 0 Å². The molecule has 0 aliphatic carbocycles. The topological polar surface area (TPSA) is 0 Å². The van der Waals surface area contributed by atoms with E-state index in [0.717, 1.165) is 0 Å². The molecule has 0 amide bonds. The summed E-state index contributed by atoms with van der Waals surface area (Å²) in [5.74, 6) is 0. The van der Waals surface area contributed by atoms with Crippen LogP contribution in [0.1, 0.15) is 37.8 Å². The summed E-state index contributed by atoms with van der Waals surface area (Å²) < 4.78 is 0. The van der Waals surface area contributed by atoms with Crippen molar-refractivity contribution in [3.05, 3.63) is 145 Å². The second-order valence-corrected chi connectivity index (χ2v) is 11.1. The molecule has 0 unspecified atom stereocenters. The molecule has 0 nitrogen and oxygen atoms in total. The molecule has 0 atom stereocenters. The zero-order valence-electron chi connectivity index (χ0n) is 22.6. The van der Waals surface area contributed by atoms with E-state index in [-0.39, 0.29) is 35.7 Å². The standard InChI is InChI=1S/C12H11Si.2C12H13.Zr/c1-3-7-11(8-4-1)13-12-9-5-2-6-10-12;2*1-2-5-10-8-11-6-3-4-7-12(11)9-10;/h1-10,13H;2*3-4,6-9H,2,5H2,1H3;/q;2*-1;+2.